The number of aryl methyl sites for hydroxylation is 2. The molecular weight excluding hydrogens is 724 g/mol. The Morgan fingerprint density at radius 3 is 2.36 bits per heavy atom. The van der Waals surface area contributed by atoms with Gasteiger partial charge < -0.3 is 18.3 Å². The molecule has 1 fully saturated rings. The van der Waals surface area contributed by atoms with Gasteiger partial charge in [-0.25, -0.2) is 4.98 Å². The molecule has 3 aliphatic heterocycles. The predicted octanol–water partition coefficient (Wildman–Crippen LogP) is 9.16. The molecule has 6 heteroatoms. The Hall–Kier alpha value is -3.76. The number of pyridine rings is 1. The van der Waals surface area contributed by atoms with Crippen LogP contribution in [0.4, 0.5) is 17.1 Å². The van der Waals surface area contributed by atoms with Gasteiger partial charge in [-0.15, -0.1) is 35.2 Å². The van der Waals surface area contributed by atoms with Gasteiger partial charge in [0.1, 0.15) is 5.82 Å². The van der Waals surface area contributed by atoms with Crippen LogP contribution < -0.4 is 13.7 Å². The van der Waals surface area contributed by atoms with Crippen molar-refractivity contribution in [2.24, 2.45) is 0 Å². The Morgan fingerprint density at radius 2 is 1.64 bits per heavy atom. The molecule has 0 aliphatic carbocycles. The van der Waals surface area contributed by atoms with Gasteiger partial charge in [-0.3, -0.25) is 0 Å². The third-order valence-electron chi connectivity index (χ3n) is 9.07. The van der Waals surface area contributed by atoms with Gasteiger partial charge in [0.25, 0.3) is 0 Å². The average molecular weight is 762 g/mol. The molecule has 0 saturated carbocycles. The van der Waals surface area contributed by atoms with Crippen molar-refractivity contribution in [3.05, 3.63) is 121 Å². The van der Waals surface area contributed by atoms with E-state index >= 15 is 0 Å². The van der Waals surface area contributed by atoms with Crippen LogP contribution in [-0.4, -0.2) is 23.2 Å². The second-order valence-corrected chi connectivity index (χ2v) is 13.0. The first-order valence-electron chi connectivity index (χ1n) is 16.2. The first kappa shape index (κ1) is 25.6. The molecule has 5 nitrogen and oxygen atoms in total. The molecule has 0 amide bonds. The topological polar surface area (TPSA) is 27.1 Å². The monoisotopic (exact) mass is 761 g/mol. The van der Waals surface area contributed by atoms with Crippen LogP contribution in [0.25, 0.3) is 27.6 Å². The van der Waals surface area contributed by atoms with Crippen LogP contribution in [0.2, 0.25) is 0 Å². The predicted molar refractivity (Wildman–Crippen MR) is 176 cm³/mol. The summed E-state index contributed by atoms with van der Waals surface area (Å²) < 4.78 is 34.4. The normalized spacial score (nSPS) is 21.6. The smallest absolute Gasteiger partial charge is 0.179 e. The van der Waals surface area contributed by atoms with Gasteiger partial charge in [0.05, 0.1) is 17.8 Å². The van der Waals surface area contributed by atoms with E-state index < -0.39 is 6.98 Å². The summed E-state index contributed by atoms with van der Waals surface area (Å²) in [5, 5.41) is 2.18. The van der Waals surface area contributed by atoms with Crippen molar-refractivity contribution in [2.75, 3.05) is 13.6 Å². The number of hydrogen-bond donors (Lipinski definition) is 0. The maximum atomic E-state index is 8.50. The fraction of sp³-hybridized carbons (Fsp3) is 0.211. The van der Waals surface area contributed by atoms with Gasteiger partial charge in [0, 0.05) is 62.1 Å². The quantitative estimate of drug-likeness (QED) is 0.132. The maximum absolute atomic E-state index is 8.50. The molecule has 3 aliphatic rings. The van der Waals surface area contributed by atoms with Crippen LogP contribution in [0.5, 0.6) is 11.5 Å². The van der Waals surface area contributed by atoms with Crippen molar-refractivity contribution < 1.29 is 29.9 Å². The van der Waals surface area contributed by atoms with E-state index in [1.54, 1.807) is 6.20 Å². The van der Waals surface area contributed by atoms with Crippen LogP contribution in [0.1, 0.15) is 41.6 Å². The van der Waals surface area contributed by atoms with Gasteiger partial charge in [0.2, 0.25) is 0 Å². The minimum Gasteiger partial charge on any atom is -0.509 e. The van der Waals surface area contributed by atoms with Gasteiger partial charge in [0.15, 0.2) is 18.0 Å². The molecule has 0 spiro atoms. The molecule has 2 bridgehead atoms. The summed E-state index contributed by atoms with van der Waals surface area (Å²) in [4.78, 5) is 4.64. The Balaban J connectivity index is 0.00000351. The largest absolute Gasteiger partial charge is 0.509 e. The van der Waals surface area contributed by atoms with E-state index in [-0.39, 0.29) is 31.0 Å². The standard InChI is InChI=1S/C38H35N4O.Pt/c1-25-17-35-36(18-26(25)2)42(23-41(35,6)24-42)28-19-27(38(3,4)5)20-30(21-28)43-29-14-15-32-31-11-7-8-12-33(31)40(34(32)22-29)37-13-9-10-16-39-37;/h7-20,23H,24H2,1-6H3;/q-1;/t41-,42+;/m0./s1/i6D3;. The summed E-state index contributed by atoms with van der Waals surface area (Å²) in [6.07, 6.45) is 1.80. The van der Waals surface area contributed by atoms with Crippen molar-refractivity contribution in [1.82, 2.24) is 18.5 Å². The van der Waals surface area contributed by atoms with Crippen LogP contribution in [0.15, 0.2) is 85.1 Å². The van der Waals surface area contributed by atoms with E-state index in [2.05, 4.69) is 85.8 Å². The number of hydrogen-bond acceptors (Lipinski definition) is 2. The number of para-hydroxylation sites is 1. The molecule has 1 saturated heterocycles. The number of rotatable bonds is 4. The van der Waals surface area contributed by atoms with E-state index in [4.69, 9.17) is 8.85 Å². The number of benzene rings is 4. The minimum atomic E-state index is -2.22. The van der Waals surface area contributed by atoms with Crippen molar-refractivity contribution >= 4 is 38.9 Å². The molecule has 6 aromatic rings. The van der Waals surface area contributed by atoms with Crippen molar-refractivity contribution in [2.45, 2.75) is 40.0 Å². The van der Waals surface area contributed by atoms with Gasteiger partial charge in [-0.1, -0.05) is 56.6 Å². The fourth-order valence-electron chi connectivity index (χ4n) is 6.64. The summed E-state index contributed by atoms with van der Waals surface area (Å²) in [6.45, 7) is 10.8. The molecule has 224 valence electrons. The zero-order chi connectivity index (χ0) is 32.2. The molecule has 0 radical (unpaired) electrons. The van der Waals surface area contributed by atoms with Crippen molar-refractivity contribution in [3.8, 4) is 17.3 Å². The molecule has 5 heterocycles. The van der Waals surface area contributed by atoms with Crippen LogP contribution >= 0.6 is 0 Å². The van der Waals surface area contributed by atoms with E-state index in [1.165, 1.54) is 0 Å². The molecule has 0 N–H and O–H groups in total. The molecule has 2 aromatic heterocycles. The van der Waals surface area contributed by atoms with Crippen LogP contribution in [-0.2, 0) is 26.5 Å². The Labute approximate surface area is 278 Å². The summed E-state index contributed by atoms with van der Waals surface area (Å²) in [5.74, 6) is 1.94. The molecule has 44 heavy (non-hydrogen) atoms. The van der Waals surface area contributed by atoms with Crippen LogP contribution in [0, 0.1) is 32.6 Å². The molecule has 2 atom stereocenters. The SMILES string of the molecule is [2H]C([2H])([2H])[N@+]12[CH-][N@+](c3[c-]c(Oc4[c-]c5c(cc4)c4ccccc4n5-c4ccccn4)cc(C(C)(C)C)c3)(C1)c1cc(C)c(C)cc12.[Pt]. The number of aromatic nitrogens is 2. The van der Waals surface area contributed by atoms with E-state index in [9.17, 15) is 0 Å². The molecular formula is C38H35N4OPt-. The van der Waals surface area contributed by atoms with Crippen molar-refractivity contribution in [1.29, 1.82) is 0 Å². The number of nitrogens with zero attached hydrogens (tertiary/aromatic N) is 4. The van der Waals surface area contributed by atoms with E-state index in [1.807, 2.05) is 56.1 Å². The van der Waals surface area contributed by atoms with E-state index in [0.29, 0.717) is 22.7 Å². The van der Waals surface area contributed by atoms with Crippen LogP contribution in [0.3, 0.4) is 0 Å². The summed E-state index contributed by atoms with van der Waals surface area (Å²) in [5.41, 5.74) is 7.73. The Bertz CT molecular complexity index is 2200. The molecule has 0 unspecified atom stereocenters. The third kappa shape index (κ3) is 4.21. The number of fused-ring (bicyclic) bond motifs is 3. The second-order valence-electron chi connectivity index (χ2n) is 13.0. The van der Waals surface area contributed by atoms with Gasteiger partial charge >= 0.3 is 0 Å². The first-order valence-corrected chi connectivity index (χ1v) is 14.7. The summed E-state index contributed by atoms with van der Waals surface area (Å²) >= 11 is 0. The van der Waals surface area contributed by atoms with E-state index in [0.717, 1.165) is 61.4 Å². The minimum absolute atomic E-state index is 0. The summed E-state index contributed by atoms with van der Waals surface area (Å²) in [7, 11) is 0. The zero-order valence-electron chi connectivity index (χ0n) is 28.4. The average Bonchev–Trinajstić information content (AvgIpc) is 3.57. The maximum Gasteiger partial charge on any atom is 0.179 e. The van der Waals surface area contributed by atoms with Crippen molar-refractivity contribution in [3.63, 3.8) is 0 Å². The summed E-state index contributed by atoms with van der Waals surface area (Å²) in [6, 6.07) is 33.7. The Morgan fingerprint density at radius 1 is 0.886 bits per heavy atom. The zero-order valence-corrected chi connectivity index (χ0v) is 27.7. The third-order valence-corrected chi connectivity index (χ3v) is 9.07. The van der Waals surface area contributed by atoms with Gasteiger partial charge in [-0.05, 0) is 54.0 Å². The Kier molecular flexibility index (Phi) is 5.73. The molecule has 9 rings (SSSR count). The number of ether oxygens (including phenoxy) is 1. The molecule has 4 aromatic carbocycles. The first-order chi connectivity index (χ1) is 21.8. The van der Waals surface area contributed by atoms with Gasteiger partial charge in [-0.2, -0.15) is 6.07 Å². The number of quaternary nitrogens is 2. The second kappa shape index (κ2) is 9.87. The fourth-order valence-corrected chi connectivity index (χ4v) is 6.64.